The van der Waals surface area contributed by atoms with Crippen molar-refractivity contribution in [3.63, 3.8) is 0 Å². The molecular weight excluding hydrogens is 408 g/mol. The average molecular weight is 445 g/mol. The Balaban J connectivity index is 2.68. The molecule has 0 bridgehead atoms. The van der Waals surface area contributed by atoms with Crippen LogP contribution in [-0.2, 0) is 17.8 Å². The predicted molar refractivity (Wildman–Crippen MR) is 127 cm³/mol. The second kappa shape index (κ2) is 10.7. The predicted octanol–water partition coefficient (Wildman–Crippen LogP) is 5.06. The number of ether oxygens (including phenoxy) is 2. The highest BCUT2D eigenvalue weighted by molar-refractivity contribution is 6.00. The highest BCUT2D eigenvalue weighted by atomic mass is 16.6. The minimum absolute atomic E-state index is 0.0680. The van der Waals surface area contributed by atoms with Crippen molar-refractivity contribution in [3.8, 4) is 5.75 Å². The van der Waals surface area contributed by atoms with Crippen LogP contribution in [0.4, 0.5) is 4.79 Å². The molecular formula is C25H36N2O5. The van der Waals surface area contributed by atoms with Crippen LogP contribution in [0.25, 0.3) is 10.8 Å². The first-order chi connectivity index (χ1) is 14.9. The minimum atomic E-state index is -0.637. The third kappa shape index (κ3) is 6.58. The van der Waals surface area contributed by atoms with Gasteiger partial charge in [-0.15, -0.1) is 0 Å². The summed E-state index contributed by atoms with van der Waals surface area (Å²) in [5.74, 6) is 0.629. The van der Waals surface area contributed by atoms with Gasteiger partial charge in [0.25, 0.3) is 5.56 Å². The number of aromatic nitrogens is 1. The summed E-state index contributed by atoms with van der Waals surface area (Å²) in [4.78, 5) is 37.7. The zero-order valence-electron chi connectivity index (χ0n) is 20.3. The first kappa shape index (κ1) is 25.4. The van der Waals surface area contributed by atoms with Gasteiger partial charge in [-0.2, -0.15) is 0 Å². The Hall–Kier alpha value is -2.83. The van der Waals surface area contributed by atoms with E-state index in [1.807, 2.05) is 13.8 Å². The SMILES string of the molecule is CCCCOc1c(CNC(=O)OC(C)(C)C)n(CC(C)C)c(=O)c2ccc(C(C)=O)cc12. The molecule has 0 atom stereocenters. The number of Topliss-reactive ketones (excluding diaryl/α,β-unsaturated/α-hetero) is 1. The van der Waals surface area contributed by atoms with Gasteiger partial charge < -0.3 is 19.4 Å². The first-order valence-corrected chi connectivity index (χ1v) is 11.2. The first-order valence-electron chi connectivity index (χ1n) is 11.2. The molecule has 0 saturated heterocycles. The second-order valence-electron chi connectivity index (χ2n) is 9.46. The summed E-state index contributed by atoms with van der Waals surface area (Å²) in [5.41, 5.74) is 0.262. The van der Waals surface area contributed by atoms with Gasteiger partial charge in [0.15, 0.2) is 5.78 Å². The van der Waals surface area contributed by atoms with E-state index in [0.29, 0.717) is 40.9 Å². The van der Waals surface area contributed by atoms with Crippen molar-refractivity contribution < 1.29 is 19.1 Å². The van der Waals surface area contributed by atoms with E-state index < -0.39 is 11.7 Å². The molecule has 1 aromatic carbocycles. The van der Waals surface area contributed by atoms with Crippen LogP contribution in [0.3, 0.4) is 0 Å². The third-order valence-electron chi connectivity index (χ3n) is 4.83. The van der Waals surface area contributed by atoms with Crippen molar-refractivity contribution in [2.45, 2.75) is 80.0 Å². The van der Waals surface area contributed by atoms with Crippen molar-refractivity contribution in [3.05, 3.63) is 39.8 Å². The van der Waals surface area contributed by atoms with Gasteiger partial charge >= 0.3 is 6.09 Å². The molecule has 0 aliphatic heterocycles. The molecule has 7 heteroatoms. The second-order valence-corrected chi connectivity index (χ2v) is 9.46. The Morgan fingerprint density at radius 1 is 1.16 bits per heavy atom. The Bertz CT molecular complexity index is 1030. The average Bonchev–Trinajstić information content (AvgIpc) is 2.68. The van der Waals surface area contributed by atoms with Crippen LogP contribution in [0.5, 0.6) is 5.75 Å². The summed E-state index contributed by atoms with van der Waals surface area (Å²) in [5, 5.41) is 3.83. The number of hydrogen-bond acceptors (Lipinski definition) is 5. The molecule has 0 saturated carbocycles. The standard InChI is InChI=1S/C25H36N2O5/c1-8-9-12-31-22-20-13-18(17(4)28)10-11-19(20)23(29)27(15-16(2)3)21(22)14-26-24(30)32-25(5,6)7/h10-11,13,16H,8-9,12,14-15H2,1-7H3,(H,26,30). The molecule has 1 heterocycles. The van der Waals surface area contributed by atoms with Crippen LogP contribution in [0, 0.1) is 5.92 Å². The highest BCUT2D eigenvalue weighted by Gasteiger charge is 2.22. The fourth-order valence-corrected chi connectivity index (χ4v) is 3.37. The van der Waals surface area contributed by atoms with Gasteiger partial charge in [0.2, 0.25) is 0 Å². The largest absolute Gasteiger partial charge is 0.491 e. The number of ketones is 1. The van der Waals surface area contributed by atoms with E-state index in [1.165, 1.54) is 6.92 Å². The lowest BCUT2D eigenvalue weighted by Crippen LogP contribution is -2.35. The van der Waals surface area contributed by atoms with Crippen LogP contribution in [0.1, 0.15) is 77.4 Å². The number of pyridine rings is 1. The number of unbranched alkanes of at least 4 members (excludes halogenated alkanes) is 1. The maximum Gasteiger partial charge on any atom is 0.407 e. The van der Waals surface area contributed by atoms with Crippen LogP contribution >= 0.6 is 0 Å². The van der Waals surface area contributed by atoms with Gasteiger partial charge in [-0.25, -0.2) is 4.79 Å². The summed E-state index contributed by atoms with van der Waals surface area (Å²) in [6.07, 6.45) is 1.22. The molecule has 1 N–H and O–H groups in total. The zero-order chi connectivity index (χ0) is 24.1. The number of carbonyl (C=O) groups excluding carboxylic acids is 2. The highest BCUT2D eigenvalue weighted by Crippen LogP contribution is 2.30. The van der Waals surface area contributed by atoms with E-state index in [4.69, 9.17) is 9.47 Å². The van der Waals surface area contributed by atoms with Crippen molar-refractivity contribution >= 4 is 22.6 Å². The molecule has 32 heavy (non-hydrogen) atoms. The maximum absolute atomic E-state index is 13.4. The number of hydrogen-bond donors (Lipinski definition) is 1. The summed E-state index contributed by atoms with van der Waals surface area (Å²) >= 11 is 0. The molecule has 0 fully saturated rings. The molecule has 0 radical (unpaired) electrons. The summed E-state index contributed by atoms with van der Waals surface area (Å²) in [6.45, 7) is 14.0. The quantitative estimate of drug-likeness (QED) is 0.431. The molecule has 1 aromatic heterocycles. The van der Waals surface area contributed by atoms with Gasteiger partial charge in [0, 0.05) is 17.5 Å². The smallest absolute Gasteiger partial charge is 0.407 e. The van der Waals surface area contributed by atoms with Crippen molar-refractivity contribution in [1.29, 1.82) is 0 Å². The van der Waals surface area contributed by atoms with E-state index in [0.717, 1.165) is 12.8 Å². The molecule has 0 aliphatic carbocycles. The molecule has 2 rings (SSSR count). The van der Waals surface area contributed by atoms with E-state index in [2.05, 4.69) is 12.2 Å². The number of rotatable bonds is 9. The number of nitrogens with one attached hydrogen (secondary N) is 1. The Morgan fingerprint density at radius 3 is 2.41 bits per heavy atom. The molecule has 0 aliphatic rings. The van der Waals surface area contributed by atoms with Crippen LogP contribution in [-0.4, -0.2) is 28.7 Å². The van der Waals surface area contributed by atoms with E-state index >= 15 is 0 Å². The molecule has 2 aromatic rings. The third-order valence-corrected chi connectivity index (χ3v) is 4.83. The fourth-order valence-electron chi connectivity index (χ4n) is 3.37. The van der Waals surface area contributed by atoms with Crippen molar-refractivity contribution in [2.24, 2.45) is 5.92 Å². The van der Waals surface area contributed by atoms with Crippen LogP contribution < -0.4 is 15.6 Å². The normalized spacial score (nSPS) is 11.6. The van der Waals surface area contributed by atoms with Gasteiger partial charge in [0.05, 0.1) is 24.2 Å². The number of benzene rings is 1. The van der Waals surface area contributed by atoms with Crippen LogP contribution in [0.2, 0.25) is 0 Å². The summed E-state index contributed by atoms with van der Waals surface area (Å²) < 4.78 is 13.2. The zero-order valence-corrected chi connectivity index (χ0v) is 20.3. The summed E-state index contributed by atoms with van der Waals surface area (Å²) in [6, 6.07) is 5.06. The number of nitrogens with zero attached hydrogens (tertiary/aromatic N) is 1. The van der Waals surface area contributed by atoms with Gasteiger partial charge in [0.1, 0.15) is 11.4 Å². The Morgan fingerprint density at radius 2 is 1.84 bits per heavy atom. The molecule has 176 valence electrons. The number of carbonyl (C=O) groups is 2. The molecule has 0 spiro atoms. The minimum Gasteiger partial charge on any atom is -0.491 e. The van der Waals surface area contributed by atoms with E-state index in [1.54, 1.807) is 43.5 Å². The van der Waals surface area contributed by atoms with Crippen molar-refractivity contribution in [1.82, 2.24) is 9.88 Å². The number of amides is 1. The van der Waals surface area contributed by atoms with Gasteiger partial charge in [-0.1, -0.05) is 33.3 Å². The lowest BCUT2D eigenvalue weighted by Gasteiger charge is -2.23. The Kier molecular flexibility index (Phi) is 8.47. The number of fused-ring (bicyclic) bond motifs is 1. The topological polar surface area (TPSA) is 86.6 Å². The maximum atomic E-state index is 13.4. The van der Waals surface area contributed by atoms with E-state index in [-0.39, 0.29) is 23.8 Å². The van der Waals surface area contributed by atoms with Gasteiger partial charge in [-0.05, 0) is 52.2 Å². The number of alkyl carbamates (subject to hydrolysis) is 1. The monoisotopic (exact) mass is 444 g/mol. The van der Waals surface area contributed by atoms with Crippen LogP contribution in [0.15, 0.2) is 23.0 Å². The lowest BCUT2D eigenvalue weighted by molar-refractivity contribution is 0.0521. The van der Waals surface area contributed by atoms with Crippen molar-refractivity contribution in [2.75, 3.05) is 6.61 Å². The summed E-state index contributed by atoms with van der Waals surface area (Å²) in [7, 11) is 0. The van der Waals surface area contributed by atoms with E-state index in [9.17, 15) is 14.4 Å². The lowest BCUT2D eigenvalue weighted by atomic mass is 10.0. The Labute approximate surface area is 190 Å². The fraction of sp³-hybridized carbons (Fsp3) is 0.560. The molecule has 1 amide bonds. The molecule has 0 unspecified atom stereocenters. The molecule has 7 nitrogen and oxygen atoms in total. The van der Waals surface area contributed by atoms with Gasteiger partial charge in [-0.3, -0.25) is 9.59 Å².